The molecule has 1 unspecified atom stereocenters. The number of aliphatic carboxylic acids is 1. The third-order valence-electron chi connectivity index (χ3n) is 3.42. The summed E-state index contributed by atoms with van der Waals surface area (Å²) in [4.78, 5) is 22.8. The fourth-order valence-corrected chi connectivity index (χ4v) is 2.18. The van der Waals surface area contributed by atoms with E-state index in [1.54, 1.807) is 11.6 Å². The summed E-state index contributed by atoms with van der Waals surface area (Å²) in [5.41, 5.74) is 2.12. The average molecular weight is 301 g/mol. The van der Waals surface area contributed by atoms with E-state index >= 15 is 0 Å². The molecule has 0 aliphatic heterocycles. The summed E-state index contributed by atoms with van der Waals surface area (Å²) in [6, 6.07) is 9.35. The van der Waals surface area contributed by atoms with Crippen molar-refractivity contribution in [2.45, 2.75) is 32.7 Å². The van der Waals surface area contributed by atoms with Gasteiger partial charge in [-0.2, -0.15) is 5.10 Å². The van der Waals surface area contributed by atoms with Crippen LogP contribution in [0.15, 0.2) is 36.5 Å². The topological polar surface area (TPSA) is 84.2 Å². The van der Waals surface area contributed by atoms with E-state index in [-0.39, 0.29) is 18.4 Å². The highest BCUT2D eigenvalue weighted by molar-refractivity contribution is 5.95. The van der Waals surface area contributed by atoms with Crippen molar-refractivity contribution in [1.82, 2.24) is 15.1 Å². The van der Waals surface area contributed by atoms with Gasteiger partial charge in [0.05, 0.1) is 23.1 Å². The standard InChI is InChI=1S/C16H19N3O3/c1-11(8-9-15(20)21)18-16(22)14-10-17-19(12(14)2)13-6-4-3-5-7-13/h3-7,10-11H,8-9H2,1-2H3,(H,18,22)(H,20,21). The molecule has 1 atom stereocenters. The molecule has 1 heterocycles. The molecule has 0 aliphatic carbocycles. The molecule has 116 valence electrons. The van der Waals surface area contributed by atoms with Crippen LogP contribution in [-0.2, 0) is 4.79 Å². The van der Waals surface area contributed by atoms with Crippen LogP contribution in [0.25, 0.3) is 5.69 Å². The number of nitrogens with zero attached hydrogens (tertiary/aromatic N) is 2. The largest absolute Gasteiger partial charge is 0.481 e. The maximum atomic E-state index is 12.3. The van der Waals surface area contributed by atoms with E-state index < -0.39 is 5.97 Å². The van der Waals surface area contributed by atoms with E-state index in [2.05, 4.69) is 10.4 Å². The van der Waals surface area contributed by atoms with Gasteiger partial charge < -0.3 is 10.4 Å². The highest BCUT2D eigenvalue weighted by Gasteiger charge is 2.17. The number of para-hydroxylation sites is 1. The number of aromatic nitrogens is 2. The first-order chi connectivity index (χ1) is 10.5. The number of amides is 1. The van der Waals surface area contributed by atoms with Gasteiger partial charge in [-0.05, 0) is 32.4 Å². The Bertz CT molecular complexity index is 665. The highest BCUT2D eigenvalue weighted by atomic mass is 16.4. The van der Waals surface area contributed by atoms with Crippen molar-refractivity contribution >= 4 is 11.9 Å². The van der Waals surface area contributed by atoms with Crippen LogP contribution in [-0.4, -0.2) is 32.8 Å². The zero-order valence-electron chi connectivity index (χ0n) is 12.6. The van der Waals surface area contributed by atoms with Gasteiger partial charge in [-0.1, -0.05) is 18.2 Å². The molecule has 22 heavy (non-hydrogen) atoms. The molecule has 0 radical (unpaired) electrons. The zero-order valence-corrected chi connectivity index (χ0v) is 12.6. The Morgan fingerprint density at radius 1 is 1.32 bits per heavy atom. The van der Waals surface area contributed by atoms with Crippen molar-refractivity contribution in [1.29, 1.82) is 0 Å². The van der Waals surface area contributed by atoms with Crippen LogP contribution in [0.4, 0.5) is 0 Å². The molecular weight excluding hydrogens is 282 g/mol. The van der Waals surface area contributed by atoms with Crippen molar-refractivity contribution < 1.29 is 14.7 Å². The van der Waals surface area contributed by atoms with Crippen LogP contribution >= 0.6 is 0 Å². The molecule has 0 spiro atoms. The Labute approximate surface area is 128 Å². The van der Waals surface area contributed by atoms with E-state index in [9.17, 15) is 9.59 Å². The molecule has 6 heteroatoms. The summed E-state index contributed by atoms with van der Waals surface area (Å²) in [7, 11) is 0. The highest BCUT2D eigenvalue weighted by Crippen LogP contribution is 2.14. The molecule has 2 N–H and O–H groups in total. The van der Waals surface area contributed by atoms with Crippen LogP contribution < -0.4 is 5.32 Å². The quantitative estimate of drug-likeness (QED) is 0.856. The minimum Gasteiger partial charge on any atom is -0.481 e. The van der Waals surface area contributed by atoms with Crippen molar-refractivity contribution in [3.8, 4) is 5.69 Å². The lowest BCUT2D eigenvalue weighted by Gasteiger charge is -2.12. The predicted molar refractivity (Wildman–Crippen MR) is 82.1 cm³/mol. The molecule has 0 fully saturated rings. The fraction of sp³-hybridized carbons (Fsp3) is 0.312. The number of hydrogen-bond donors (Lipinski definition) is 2. The first kappa shape index (κ1) is 15.8. The SMILES string of the molecule is Cc1c(C(=O)NC(C)CCC(=O)O)cnn1-c1ccccc1. The van der Waals surface area contributed by atoms with Gasteiger partial charge in [0.25, 0.3) is 5.91 Å². The van der Waals surface area contributed by atoms with Crippen molar-refractivity contribution in [2.24, 2.45) is 0 Å². The molecule has 1 aromatic carbocycles. The number of carbonyl (C=O) groups excluding carboxylic acids is 1. The fourth-order valence-electron chi connectivity index (χ4n) is 2.18. The smallest absolute Gasteiger partial charge is 0.303 e. The molecular formula is C16H19N3O3. The molecule has 1 amide bonds. The molecule has 2 aromatic rings. The average Bonchev–Trinajstić information content (AvgIpc) is 2.88. The van der Waals surface area contributed by atoms with Gasteiger partial charge in [-0.3, -0.25) is 9.59 Å². The van der Waals surface area contributed by atoms with Crippen LogP contribution in [0, 0.1) is 6.92 Å². The van der Waals surface area contributed by atoms with Crippen LogP contribution in [0.5, 0.6) is 0 Å². The summed E-state index contributed by atoms with van der Waals surface area (Å²) >= 11 is 0. The van der Waals surface area contributed by atoms with Gasteiger partial charge in [-0.25, -0.2) is 4.68 Å². The first-order valence-electron chi connectivity index (χ1n) is 7.11. The minimum absolute atomic E-state index is 0.0315. The van der Waals surface area contributed by atoms with Crippen LogP contribution in [0.2, 0.25) is 0 Å². The second-order valence-electron chi connectivity index (χ2n) is 5.20. The lowest BCUT2D eigenvalue weighted by molar-refractivity contribution is -0.137. The van der Waals surface area contributed by atoms with Gasteiger partial charge in [0, 0.05) is 12.5 Å². The molecule has 0 saturated heterocycles. The summed E-state index contributed by atoms with van der Waals surface area (Å²) in [6.07, 6.45) is 1.96. The van der Waals surface area contributed by atoms with Gasteiger partial charge in [-0.15, -0.1) is 0 Å². The number of rotatable bonds is 6. The summed E-state index contributed by atoms with van der Waals surface area (Å²) < 4.78 is 1.71. The Hall–Kier alpha value is -2.63. The minimum atomic E-state index is -0.867. The molecule has 0 saturated carbocycles. The van der Waals surface area contributed by atoms with Gasteiger partial charge in [0.15, 0.2) is 0 Å². The molecule has 0 aliphatic rings. The van der Waals surface area contributed by atoms with E-state index in [0.29, 0.717) is 12.0 Å². The summed E-state index contributed by atoms with van der Waals surface area (Å²) in [6.45, 7) is 3.62. The normalized spacial score (nSPS) is 11.9. The molecule has 1 aromatic heterocycles. The lowest BCUT2D eigenvalue weighted by Crippen LogP contribution is -2.33. The molecule has 2 rings (SSSR count). The van der Waals surface area contributed by atoms with E-state index in [1.165, 1.54) is 6.20 Å². The predicted octanol–water partition coefficient (Wildman–Crippen LogP) is 2.16. The van der Waals surface area contributed by atoms with Gasteiger partial charge >= 0.3 is 5.97 Å². The van der Waals surface area contributed by atoms with Crippen LogP contribution in [0.1, 0.15) is 35.8 Å². The monoisotopic (exact) mass is 301 g/mol. The van der Waals surface area contributed by atoms with Crippen molar-refractivity contribution in [3.63, 3.8) is 0 Å². The Morgan fingerprint density at radius 3 is 2.64 bits per heavy atom. The number of benzene rings is 1. The zero-order chi connectivity index (χ0) is 16.1. The first-order valence-corrected chi connectivity index (χ1v) is 7.11. The molecule has 0 bridgehead atoms. The number of nitrogens with one attached hydrogen (secondary N) is 1. The lowest BCUT2D eigenvalue weighted by atomic mass is 10.1. The van der Waals surface area contributed by atoms with E-state index in [4.69, 9.17) is 5.11 Å². The Kier molecular flexibility index (Phi) is 4.93. The van der Waals surface area contributed by atoms with Crippen molar-refractivity contribution in [2.75, 3.05) is 0 Å². The Balaban J connectivity index is 2.08. The number of carboxylic acid groups (broad SMARTS) is 1. The molecule has 6 nitrogen and oxygen atoms in total. The summed E-state index contributed by atoms with van der Waals surface area (Å²) in [5, 5.41) is 15.7. The number of hydrogen-bond acceptors (Lipinski definition) is 3. The van der Waals surface area contributed by atoms with E-state index in [1.807, 2.05) is 37.3 Å². The van der Waals surface area contributed by atoms with Gasteiger partial charge in [0.1, 0.15) is 0 Å². The maximum Gasteiger partial charge on any atom is 0.303 e. The van der Waals surface area contributed by atoms with Crippen LogP contribution in [0.3, 0.4) is 0 Å². The van der Waals surface area contributed by atoms with Crippen molar-refractivity contribution in [3.05, 3.63) is 47.8 Å². The summed E-state index contributed by atoms with van der Waals surface area (Å²) in [5.74, 6) is -1.10. The second-order valence-corrected chi connectivity index (χ2v) is 5.20. The van der Waals surface area contributed by atoms with Gasteiger partial charge in [0.2, 0.25) is 0 Å². The third kappa shape index (κ3) is 3.72. The third-order valence-corrected chi connectivity index (χ3v) is 3.42. The van der Waals surface area contributed by atoms with E-state index in [0.717, 1.165) is 11.4 Å². The number of carboxylic acids is 1. The maximum absolute atomic E-state index is 12.3. The Morgan fingerprint density at radius 2 is 2.00 bits per heavy atom. The number of carbonyl (C=O) groups is 2. The second kappa shape index (κ2) is 6.89.